The van der Waals surface area contributed by atoms with Crippen molar-refractivity contribution < 1.29 is 9.47 Å². The number of ether oxygens (including phenoxy) is 2. The average molecular weight is 431 g/mol. The van der Waals surface area contributed by atoms with Gasteiger partial charge in [-0.15, -0.1) is 0 Å². The Bertz CT molecular complexity index is 653. The van der Waals surface area contributed by atoms with E-state index in [1.165, 1.54) is 11.1 Å². The Morgan fingerprint density at radius 2 is 1.94 bits per heavy atom. The maximum Gasteiger partial charge on any atom is 0.191 e. The normalized spacial score (nSPS) is 19.5. The van der Waals surface area contributed by atoms with Gasteiger partial charge in [-0.3, -0.25) is 9.89 Å². The maximum atomic E-state index is 5.86. The van der Waals surface area contributed by atoms with Crippen molar-refractivity contribution in [2.24, 2.45) is 10.9 Å². The average Bonchev–Trinajstić information content (AvgIpc) is 2.80. The Balaban J connectivity index is 1.32. The number of aryl methyl sites for hydroxylation is 1. The highest BCUT2D eigenvalue weighted by atomic mass is 16.5. The molecule has 2 aliphatic heterocycles. The number of hydrogen-bond donors (Lipinski definition) is 2. The highest BCUT2D eigenvalue weighted by molar-refractivity contribution is 5.80. The molecule has 0 spiro atoms. The fourth-order valence-corrected chi connectivity index (χ4v) is 4.30. The molecule has 0 aromatic heterocycles. The minimum absolute atomic E-state index is 0.496. The van der Waals surface area contributed by atoms with Gasteiger partial charge in [-0.2, -0.15) is 0 Å². The molecule has 0 bridgehead atoms. The first-order chi connectivity index (χ1) is 15.2. The Kier molecular flexibility index (Phi) is 10.6. The summed E-state index contributed by atoms with van der Waals surface area (Å²) in [5, 5.41) is 7.05. The van der Waals surface area contributed by atoms with Gasteiger partial charge in [0.15, 0.2) is 5.96 Å². The largest absolute Gasteiger partial charge is 0.381 e. The summed E-state index contributed by atoms with van der Waals surface area (Å²) < 4.78 is 11.3. The van der Waals surface area contributed by atoms with E-state index in [4.69, 9.17) is 14.5 Å². The molecule has 174 valence electrons. The zero-order valence-corrected chi connectivity index (χ0v) is 19.6. The number of likely N-dealkylation sites (tertiary alicyclic amines) is 1. The smallest absolute Gasteiger partial charge is 0.191 e. The molecule has 0 radical (unpaired) electrons. The molecule has 2 saturated heterocycles. The zero-order chi connectivity index (χ0) is 21.7. The third-order valence-electron chi connectivity index (χ3n) is 6.34. The first-order valence-electron chi connectivity index (χ1n) is 12.2. The van der Waals surface area contributed by atoms with Crippen molar-refractivity contribution in [3.05, 3.63) is 35.4 Å². The van der Waals surface area contributed by atoms with Gasteiger partial charge in [0.05, 0.1) is 0 Å². The third kappa shape index (κ3) is 8.79. The number of nitrogens with zero attached hydrogens (tertiary/aromatic N) is 2. The molecule has 3 rings (SSSR count). The second-order valence-electron chi connectivity index (χ2n) is 8.87. The summed E-state index contributed by atoms with van der Waals surface area (Å²) in [6, 6.07) is 9.22. The summed E-state index contributed by atoms with van der Waals surface area (Å²) in [5.41, 5.74) is 2.84. The summed E-state index contributed by atoms with van der Waals surface area (Å²) in [6.07, 6.45) is 5.55. The molecule has 0 unspecified atom stereocenters. The Morgan fingerprint density at radius 3 is 2.68 bits per heavy atom. The molecule has 0 aliphatic carbocycles. The number of benzene rings is 1. The van der Waals surface area contributed by atoms with E-state index < -0.39 is 0 Å². The van der Waals surface area contributed by atoms with Crippen LogP contribution in [0.3, 0.4) is 0 Å². The van der Waals surface area contributed by atoms with Crippen LogP contribution in [0.4, 0.5) is 0 Å². The fourth-order valence-electron chi connectivity index (χ4n) is 4.30. The standard InChI is InChI=1S/C25H42N4O2/c1-3-26-25(27-13-6-16-31-20-22-11-17-30-18-12-22)28-24-9-14-29(15-10-24)19-23-8-5-4-7-21(23)2/h4-5,7-8,22,24H,3,6,9-20H2,1-2H3,(H2,26,27,28). The van der Waals surface area contributed by atoms with Crippen LogP contribution in [0.1, 0.15) is 50.2 Å². The van der Waals surface area contributed by atoms with Crippen LogP contribution in [-0.4, -0.2) is 69.5 Å². The van der Waals surface area contributed by atoms with Gasteiger partial charge in [-0.25, -0.2) is 0 Å². The van der Waals surface area contributed by atoms with Crippen LogP contribution < -0.4 is 10.6 Å². The molecule has 2 N–H and O–H groups in total. The molecule has 31 heavy (non-hydrogen) atoms. The van der Waals surface area contributed by atoms with E-state index in [1.54, 1.807) is 0 Å². The highest BCUT2D eigenvalue weighted by Gasteiger charge is 2.20. The number of rotatable bonds is 10. The lowest BCUT2D eigenvalue weighted by atomic mass is 10.0. The van der Waals surface area contributed by atoms with E-state index in [-0.39, 0.29) is 0 Å². The van der Waals surface area contributed by atoms with E-state index in [1.807, 2.05) is 0 Å². The zero-order valence-electron chi connectivity index (χ0n) is 19.6. The summed E-state index contributed by atoms with van der Waals surface area (Å²) in [5.74, 6) is 1.62. The molecule has 2 aliphatic rings. The molecule has 1 aromatic carbocycles. The van der Waals surface area contributed by atoms with Crippen LogP contribution >= 0.6 is 0 Å². The number of piperidine rings is 1. The molecule has 2 heterocycles. The van der Waals surface area contributed by atoms with E-state index in [9.17, 15) is 0 Å². The minimum atomic E-state index is 0.496. The lowest BCUT2D eigenvalue weighted by Gasteiger charge is -2.33. The molecule has 0 atom stereocenters. The van der Waals surface area contributed by atoms with Crippen molar-refractivity contribution in [2.45, 2.75) is 58.5 Å². The molecule has 1 aromatic rings. The second-order valence-corrected chi connectivity index (χ2v) is 8.87. The van der Waals surface area contributed by atoms with Gasteiger partial charge in [0.2, 0.25) is 0 Å². The van der Waals surface area contributed by atoms with Crippen LogP contribution in [0.15, 0.2) is 29.3 Å². The molecule has 0 amide bonds. The molecular formula is C25H42N4O2. The Morgan fingerprint density at radius 1 is 1.16 bits per heavy atom. The number of nitrogens with one attached hydrogen (secondary N) is 2. The highest BCUT2D eigenvalue weighted by Crippen LogP contribution is 2.16. The third-order valence-corrected chi connectivity index (χ3v) is 6.34. The van der Waals surface area contributed by atoms with Crippen LogP contribution in [0.25, 0.3) is 0 Å². The molecule has 6 nitrogen and oxygen atoms in total. The lowest BCUT2D eigenvalue weighted by Crippen LogP contribution is -2.48. The van der Waals surface area contributed by atoms with Crippen LogP contribution in [-0.2, 0) is 16.0 Å². The predicted octanol–water partition coefficient (Wildman–Crippen LogP) is 3.35. The van der Waals surface area contributed by atoms with E-state index in [2.05, 4.69) is 53.6 Å². The maximum absolute atomic E-state index is 5.86. The topological polar surface area (TPSA) is 58.1 Å². The predicted molar refractivity (Wildman–Crippen MR) is 128 cm³/mol. The van der Waals surface area contributed by atoms with Crippen molar-refractivity contribution in [2.75, 3.05) is 52.6 Å². The van der Waals surface area contributed by atoms with Crippen LogP contribution in [0.2, 0.25) is 0 Å². The summed E-state index contributed by atoms with van der Waals surface area (Å²) in [6.45, 7) is 12.8. The first kappa shape index (κ1) is 24.0. The SMILES string of the molecule is CCNC(=NCCCOCC1CCOCC1)NC1CCN(Cc2ccccc2C)CC1. The Hall–Kier alpha value is -1.63. The van der Waals surface area contributed by atoms with Crippen molar-refractivity contribution in [3.63, 3.8) is 0 Å². The van der Waals surface area contributed by atoms with Gasteiger partial charge in [0.25, 0.3) is 0 Å². The van der Waals surface area contributed by atoms with Crippen molar-refractivity contribution in [1.82, 2.24) is 15.5 Å². The quantitative estimate of drug-likeness (QED) is 0.339. The molecule has 0 saturated carbocycles. The molecular weight excluding hydrogens is 388 g/mol. The van der Waals surface area contributed by atoms with E-state index >= 15 is 0 Å². The number of guanidine groups is 1. The summed E-state index contributed by atoms with van der Waals surface area (Å²) in [4.78, 5) is 7.34. The van der Waals surface area contributed by atoms with Gasteiger partial charge in [0, 0.05) is 65.2 Å². The summed E-state index contributed by atoms with van der Waals surface area (Å²) >= 11 is 0. The van der Waals surface area contributed by atoms with E-state index in [0.717, 1.165) is 97.2 Å². The van der Waals surface area contributed by atoms with Crippen LogP contribution in [0, 0.1) is 12.8 Å². The minimum Gasteiger partial charge on any atom is -0.381 e. The van der Waals surface area contributed by atoms with E-state index in [0.29, 0.717) is 12.0 Å². The van der Waals surface area contributed by atoms with Gasteiger partial charge in [-0.05, 0) is 63.0 Å². The van der Waals surface area contributed by atoms with Crippen molar-refractivity contribution in [1.29, 1.82) is 0 Å². The molecule has 6 heteroatoms. The lowest BCUT2D eigenvalue weighted by molar-refractivity contribution is 0.0205. The Labute approximate surface area is 188 Å². The van der Waals surface area contributed by atoms with Crippen LogP contribution in [0.5, 0.6) is 0 Å². The van der Waals surface area contributed by atoms with Crippen molar-refractivity contribution in [3.8, 4) is 0 Å². The monoisotopic (exact) mass is 430 g/mol. The number of aliphatic imine (C=N–C) groups is 1. The number of hydrogen-bond acceptors (Lipinski definition) is 4. The van der Waals surface area contributed by atoms with Gasteiger partial charge in [-0.1, -0.05) is 24.3 Å². The van der Waals surface area contributed by atoms with Gasteiger partial charge < -0.3 is 20.1 Å². The summed E-state index contributed by atoms with van der Waals surface area (Å²) in [7, 11) is 0. The molecule has 2 fully saturated rings. The van der Waals surface area contributed by atoms with Crippen molar-refractivity contribution >= 4 is 5.96 Å². The van der Waals surface area contributed by atoms with Gasteiger partial charge in [0.1, 0.15) is 0 Å². The first-order valence-corrected chi connectivity index (χ1v) is 12.2. The fraction of sp³-hybridized carbons (Fsp3) is 0.720. The second kappa shape index (κ2) is 13.7. The van der Waals surface area contributed by atoms with Gasteiger partial charge >= 0.3 is 0 Å².